The lowest BCUT2D eigenvalue weighted by atomic mass is 10.4. The third-order valence-electron chi connectivity index (χ3n) is 2.89. The van der Waals surface area contributed by atoms with Gasteiger partial charge in [0.1, 0.15) is 11.5 Å². The minimum Gasteiger partial charge on any atom is -0.460 e. The van der Waals surface area contributed by atoms with Crippen molar-refractivity contribution >= 4 is 17.3 Å². The molecule has 0 radical (unpaired) electrons. The van der Waals surface area contributed by atoms with Gasteiger partial charge in [0.2, 0.25) is 0 Å². The molecule has 6 heteroatoms. The van der Waals surface area contributed by atoms with Crippen LogP contribution in [0.5, 0.6) is 0 Å². The average molecular weight is 285 g/mol. The third kappa shape index (κ3) is 4.58. The summed E-state index contributed by atoms with van der Waals surface area (Å²) in [5, 5.41) is 0. The van der Waals surface area contributed by atoms with Crippen molar-refractivity contribution in [1.82, 2.24) is 4.90 Å². The second kappa shape index (κ2) is 7.59. The number of esters is 1. The normalized spacial score (nSPS) is 16.5. The van der Waals surface area contributed by atoms with Gasteiger partial charge in [-0.3, -0.25) is 4.90 Å². The first kappa shape index (κ1) is 14.5. The van der Waals surface area contributed by atoms with E-state index in [2.05, 4.69) is 4.90 Å². The van der Waals surface area contributed by atoms with Gasteiger partial charge >= 0.3 is 5.97 Å². The van der Waals surface area contributed by atoms with Crippen LogP contribution in [0.1, 0.15) is 14.5 Å². The fourth-order valence-electron chi connectivity index (χ4n) is 1.87. The van der Waals surface area contributed by atoms with Gasteiger partial charge in [0, 0.05) is 31.6 Å². The van der Waals surface area contributed by atoms with Gasteiger partial charge < -0.3 is 14.2 Å². The molecule has 5 nitrogen and oxygen atoms in total. The van der Waals surface area contributed by atoms with Crippen molar-refractivity contribution in [1.29, 1.82) is 0 Å². The number of rotatable bonds is 6. The first-order valence-corrected chi connectivity index (χ1v) is 7.16. The lowest BCUT2D eigenvalue weighted by Crippen LogP contribution is -2.38. The van der Waals surface area contributed by atoms with Gasteiger partial charge in [0.05, 0.1) is 19.8 Å². The van der Waals surface area contributed by atoms with Gasteiger partial charge in [0.15, 0.2) is 0 Å². The first-order valence-electron chi connectivity index (χ1n) is 6.34. The maximum atomic E-state index is 11.8. The molecule has 1 fully saturated rings. The number of carbonyl (C=O) groups is 1. The minimum atomic E-state index is -0.249. The second-order valence-corrected chi connectivity index (χ2v) is 5.46. The molecule has 0 aliphatic carbocycles. The fraction of sp³-hybridized carbons (Fsp3) is 0.615. The largest absolute Gasteiger partial charge is 0.460 e. The molecule has 1 aliphatic rings. The highest BCUT2D eigenvalue weighted by atomic mass is 32.1. The van der Waals surface area contributed by atoms with Crippen molar-refractivity contribution in [3.63, 3.8) is 0 Å². The summed E-state index contributed by atoms with van der Waals surface area (Å²) in [6, 6.07) is 3.68. The van der Waals surface area contributed by atoms with Crippen molar-refractivity contribution in [2.24, 2.45) is 0 Å². The van der Waals surface area contributed by atoms with Crippen LogP contribution in [-0.4, -0.2) is 57.4 Å². The highest BCUT2D eigenvalue weighted by Gasteiger charge is 2.13. The van der Waals surface area contributed by atoms with E-state index in [-0.39, 0.29) is 5.97 Å². The summed E-state index contributed by atoms with van der Waals surface area (Å²) in [6.45, 7) is 5.08. The van der Waals surface area contributed by atoms with E-state index in [9.17, 15) is 4.79 Å². The van der Waals surface area contributed by atoms with Gasteiger partial charge in [-0.05, 0) is 12.1 Å². The third-order valence-corrected chi connectivity index (χ3v) is 3.93. The molecule has 0 bridgehead atoms. The molecule has 2 heterocycles. The van der Waals surface area contributed by atoms with Crippen LogP contribution >= 0.6 is 11.3 Å². The highest BCUT2D eigenvalue weighted by molar-refractivity contribution is 7.13. The van der Waals surface area contributed by atoms with Crippen LogP contribution in [0.15, 0.2) is 12.1 Å². The van der Waals surface area contributed by atoms with Crippen molar-refractivity contribution in [2.45, 2.75) is 6.61 Å². The predicted molar refractivity (Wildman–Crippen MR) is 72.6 cm³/mol. The van der Waals surface area contributed by atoms with Crippen LogP contribution in [0.2, 0.25) is 0 Å². The van der Waals surface area contributed by atoms with Crippen LogP contribution in [0.3, 0.4) is 0 Å². The summed E-state index contributed by atoms with van der Waals surface area (Å²) in [7, 11) is 1.64. The van der Waals surface area contributed by atoms with Gasteiger partial charge in [0.25, 0.3) is 0 Å². The van der Waals surface area contributed by atoms with E-state index in [0.29, 0.717) is 18.1 Å². The number of hydrogen-bond acceptors (Lipinski definition) is 6. The Kier molecular flexibility index (Phi) is 5.78. The summed E-state index contributed by atoms with van der Waals surface area (Å²) in [6.07, 6.45) is 0. The van der Waals surface area contributed by atoms with Gasteiger partial charge in [-0.2, -0.15) is 0 Å². The molecule has 0 unspecified atom stereocenters. The molecule has 0 saturated carbocycles. The summed E-state index contributed by atoms with van der Waals surface area (Å²) < 4.78 is 15.6. The minimum absolute atomic E-state index is 0.249. The fourth-order valence-corrected chi connectivity index (χ4v) is 2.74. The number of thiophene rings is 1. The van der Waals surface area contributed by atoms with E-state index in [1.807, 2.05) is 6.07 Å². The molecule has 1 aromatic rings. The van der Waals surface area contributed by atoms with E-state index >= 15 is 0 Å². The lowest BCUT2D eigenvalue weighted by Gasteiger charge is -2.26. The molecule has 106 valence electrons. The molecular formula is C13H19NO4S. The summed E-state index contributed by atoms with van der Waals surface area (Å²) >= 11 is 1.42. The molecule has 1 saturated heterocycles. The maximum absolute atomic E-state index is 11.8. The highest BCUT2D eigenvalue weighted by Crippen LogP contribution is 2.18. The zero-order valence-corrected chi connectivity index (χ0v) is 11.9. The second-order valence-electron chi connectivity index (χ2n) is 4.29. The summed E-state index contributed by atoms with van der Waals surface area (Å²) in [5.74, 6) is -0.249. The Morgan fingerprint density at radius 1 is 1.42 bits per heavy atom. The first-order chi connectivity index (χ1) is 9.29. The van der Waals surface area contributed by atoms with Crippen LogP contribution in [-0.2, 0) is 20.8 Å². The zero-order valence-electron chi connectivity index (χ0n) is 11.1. The molecule has 0 N–H and O–H groups in total. The van der Waals surface area contributed by atoms with E-state index < -0.39 is 0 Å². The number of hydrogen-bond donors (Lipinski definition) is 0. The molecular weight excluding hydrogens is 266 g/mol. The van der Waals surface area contributed by atoms with E-state index in [1.54, 1.807) is 13.2 Å². The Morgan fingerprint density at radius 2 is 2.21 bits per heavy atom. The summed E-state index contributed by atoms with van der Waals surface area (Å²) in [4.78, 5) is 15.7. The summed E-state index contributed by atoms with van der Waals surface area (Å²) in [5.41, 5.74) is 0. The lowest BCUT2D eigenvalue weighted by molar-refractivity contribution is 0.0197. The van der Waals surface area contributed by atoms with Crippen LogP contribution in [0.25, 0.3) is 0 Å². The molecule has 19 heavy (non-hydrogen) atoms. The molecule has 0 aromatic carbocycles. The Bertz CT molecular complexity index is 401. The Morgan fingerprint density at radius 3 is 2.95 bits per heavy atom. The van der Waals surface area contributed by atoms with E-state index in [1.165, 1.54) is 11.3 Å². The van der Waals surface area contributed by atoms with Gasteiger partial charge in [-0.15, -0.1) is 11.3 Å². The van der Waals surface area contributed by atoms with Crippen molar-refractivity contribution < 1.29 is 19.0 Å². The Labute approximate surface area is 117 Å². The zero-order chi connectivity index (χ0) is 13.5. The van der Waals surface area contributed by atoms with Crippen molar-refractivity contribution in [3.8, 4) is 0 Å². The SMILES string of the molecule is COCc1ccc(C(=O)OCCN2CCOCC2)s1. The van der Waals surface area contributed by atoms with Crippen molar-refractivity contribution in [3.05, 3.63) is 21.9 Å². The number of morpholine rings is 1. The molecule has 2 rings (SSSR count). The Hall–Kier alpha value is -0.950. The maximum Gasteiger partial charge on any atom is 0.348 e. The van der Waals surface area contributed by atoms with Crippen LogP contribution in [0, 0.1) is 0 Å². The predicted octanol–water partition coefficient (Wildman–Crippen LogP) is 1.38. The number of nitrogens with zero attached hydrogens (tertiary/aromatic N) is 1. The molecule has 0 spiro atoms. The molecule has 0 atom stereocenters. The molecule has 0 amide bonds. The van der Waals surface area contributed by atoms with Gasteiger partial charge in [-0.1, -0.05) is 0 Å². The standard InChI is InChI=1S/C13H19NO4S/c1-16-10-11-2-3-12(19-11)13(15)18-9-6-14-4-7-17-8-5-14/h2-3H,4-10H2,1H3. The van der Waals surface area contributed by atoms with Crippen molar-refractivity contribution in [2.75, 3.05) is 46.6 Å². The number of ether oxygens (including phenoxy) is 3. The van der Waals surface area contributed by atoms with E-state index in [4.69, 9.17) is 14.2 Å². The number of methoxy groups -OCH3 is 1. The van der Waals surface area contributed by atoms with Gasteiger partial charge in [-0.25, -0.2) is 4.79 Å². The van der Waals surface area contributed by atoms with E-state index in [0.717, 1.165) is 37.7 Å². The molecule has 1 aromatic heterocycles. The molecule has 1 aliphatic heterocycles. The smallest absolute Gasteiger partial charge is 0.348 e. The van der Waals surface area contributed by atoms with Crippen LogP contribution < -0.4 is 0 Å². The average Bonchev–Trinajstić information content (AvgIpc) is 2.89. The monoisotopic (exact) mass is 285 g/mol. The van der Waals surface area contributed by atoms with Crippen LogP contribution in [0.4, 0.5) is 0 Å². The quantitative estimate of drug-likeness (QED) is 0.739. The topological polar surface area (TPSA) is 48.0 Å². The number of carbonyl (C=O) groups excluding carboxylic acids is 1. The Balaban J connectivity index is 1.70.